The second-order valence-corrected chi connectivity index (χ2v) is 6.69. The van der Waals surface area contributed by atoms with E-state index in [0.717, 1.165) is 23.2 Å². The van der Waals surface area contributed by atoms with E-state index in [1.165, 1.54) is 17.8 Å². The Kier molecular flexibility index (Phi) is 6.37. The number of thioether (sulfide) groups is 1. The van der Waals surface area contributed by atoms with Crippen LogP contribution in [0.5, 0.6) is 0 Å². The Balaban J connectivity index is 1.94. The molecule has 0 radical (unpaired) electrons. The first-order valence-electron chi connectivity index (χ1n) is 7.75. The lowest BCUT2D eigenvalue weighted by molar-refractivity contribution is -0.384. The standard InChI is InChI=1S/C18H20N2O3S/c1-3-14-7-4-5-10-17(14)19-18(21)12-24-13(2)15-8-6-9-16(11-15)20(22)23/h4-11,13H,3,12H2,1-2H3,(H,19,21)/t13-/m0/s1. The third-order valence-electron chi connectivity index (χ3n) is 3.69. The van der Waals surface area contributed by atoms with E-state index < -0.39 is 4.92 Å². The number of amides is 1. The summed E-state index contributed by atoms with van der Waals surface area (Å²) in [6.07, 6.45) is 0.855. The third kappa shape index (κ3) is 4.83. The molecule has 0 spiro atoms. The number of benzene rings is 2. The molecule has 1 amide bonds. The predicted octanol–water partition coefficient (Wildman–Crippen LogP) is 4.59. The third-order valence-corrected chi connectivity index (χ3v) is 4.89. The van der Waals surface area contributed by atoms with Crippen LogP contribution in [0.3, 0.4) is 0 Å². The van der Waals surface area contributed by atoms with Crippen LogP contribution in [0.4, 0.5) is 11.4 Å². The van der Waals surface area contributed by atoms with Gasteiger partial charge in [0, 0.05) is 23.1 Å². The second-order valence-electron chi connectivity index (χ2n) is 5.36. The van der Waals surface area contributed by atoms with E-state index in [-0.39, 0.29) is 16.8 Å². The first-order chi connectivity index (χ1) is 11.5. The zero-order valence-electron chi connectivity index (χ0n) is 13.7. The predicted molar refractivity (Wildman–Crippen MR) is 98.4 cm³/mol. The van der Waals surface area contributed by atoms with Gasteiger partial charge in [-0.15, -0.1) is 11.8 Å². The summed E-state index contributed by atoms with van der Waals surface area (Å²) < 4.78 is 0. The fourth-order valence-corrected chi connectivity index (χ4v) is 3.14. The van der Waals surface area contributed by atoms with Gasteiger partial charge in [-0.3, -0.25) is 14.9 Å². The number of carbonyl (C=O) groups is 1. The highest BCUT2D eigenvalue weighted by atomic mass is 32.2. The summed E-state index contributed by atoms with van der Waals surface area (Å²) in [7, 11) is 0. The van der Waals surface area contributed by atoms with E-state index >= 15 is 0 Å². The number of hydrogen-bond donors (Lipinski definition) is 1. The molecule has 2 rings (SSSR count). The molecule has 126 valence electrons. The molecule has 0 heterocycles. The molecule has 0 aliphatic heterocycles. The van der Waals surface area contributed by atoms with Crippen molar-refractivity contribution < 1.29 is 9.72 Å². The highest BCUT2D eigenvalue weighted by Gasteiger charge is 2.13. The second kappa shape index (κ2) is 8.49. The molecule has 0 fully saturated rings. The van der Waals surface area contributed by atoms with Gasteiger partial charge in [0.2, 0.25) is 5.91 Å². The van der Waals surface area contributed by atoms with Gasteiger partial charge >= 0.3 is 0 Å². The lowest BCUT2D eigenvalue weighted by Crippen LogP contribution is -2.15. The van der Waals surface area contributed by atoms with Crippen LogP contribution in [0, 0.1) is 10.1 Å². The van der Waals surface area contributed by atoms with Crippen molar-refractivity contribution in [2.24, 2.45) is 0 Å². The summed E-state index contributed by atoms with van der Waals surface area (Å²) in [5.41, 5.74) is 2.86. The molecule has 0 bridgehead atoms. The van der Waals surface area contributed by atoms with E-state index in [2.05, 4.69) is 5.32 Å². The average Bonchev–Trinajstić information content (AvgIpc) is 2.60. The van der Waals surface area contributed by atoms with Crippen LogP contribution in [-0.2, 0) is 11.2 Å². The summed E-state index contributed by atoms with van der Waals surface area (Å²) in [6, 6.07) is 14.3. The van der Waals surface area contributed by atoms with Crippen LogP contribution in [0.2, 0.25) is 0 Å². The molecule has 1 atom stereocenters. The van der Waals surface area contributed by atoms with E-state index in [1.807, 2.05) is 44.2 Å². The van der Waals surface area contributed by atoms with Gasteiger partial charge in [0.05, 0.1) is 10.7 Å². The lowest BCUT2D eigenvalue weighted by Gasteiger charge is -2.13. The van der Waals surface area contributed by atoms with E-state index in [1.54, 1.807) is 12.1 Å². The van der Waals surface area contributed by atoms with Crippen molar-refractivity contribution in [1.29, 1.82) is 0 Å². The van der Waals surface area contributed by atoms with E-state index in [9.17, 15) is 14.9 Å². The summed E-state index contributed by atoms with van der Waals surface area (Å²) in [4.78, 5) is 22.6. The van der Waals surface area contributed by atoms with Gasteiger partial charge in [-0.25, -0.2) is 0 Å². The first kappa shape index (κ1) is 18.0. The molecule has 0 aliphatic carbocycles. The van der Waals surface area contributed by atoms with Gasteiger partial charge < -0.3 is 5.32 Å². The maximum atomic E-state index is 12.2. The monoisotopic (exact) mass is 344 g/mol. The molecular weight excluding hydrogens is 324 g/mol. The summed E-state index contributed by atoms with van der Waals surface area (Å²) >= 11 is 1.46. The Hall–Kier alpha value is -2.34. The number of nitro groups is 1. The van der Waals surface area contributed by atoms with Crippen LogP contribution >= 0.6 is 11.8 Å². The zero-order chi connectivity index (χ0) is 17.5. The molecule has 0 aromatic heterocycles. The number of nitrogens with zero attached hydrogens (tertiary/aromatic N) is 1. The molecular formula is C18H20N2O3S. The van der Waals surface area contributed by atoms with Gasteiger partial charge in [-0.1, -0.05) is 37.3 Å². The normalized spacial score (nSPS) is 11.8. The fraction of sp³-hybridized carbons (Fsp3) is 0.278. The molecule has 0 saturated heterocycles. The SMILES string of the molecule is CCc1ccccc1NC(=O)CS[C@@H](C)c1cccc([N+](=O)[O-])c1. The quantitative estimate of drug-likeness (QED) is 0.589. The number of carbonyl (C=O) groups excluding carboxylic acids is 1. The Morgan fingerprint density at radius 3 is 2.71 bits per heavy atom. The smallest absolute Gasteiger partial charge is 0.269 e. The maximum Gasteiger partial charge on any atom is 0.269 e. The number of nitrogens with one attached hydrogen (secondary N) is 1. The van der Waals surface area contributed by atoms with E-state index in [0.29, 0.717) is 5.75 Å². The van der Waals surface area contributed by atoms with Gasteiger partial charge in [0.25, 0.3) is 5.69 Å². The number of nitro benzene ring substituents is 1. The summed E-state index contributed by atoms with van der Waals surface area (Å²) in [5, 5.41) is 13.8. The van der Waals surface area contributed by atoms with Crippen LogP contribution in [0.25, 0.3) is 0 Å². The minimum atomic E-state index is -0.407. The van der Waals surface area contributed by atoms with Crippen molar-refractivity contribution in [3.8, 4) is 0 Å². The van der Waals surface area contributed by atoms with Crippen molar-refractivity contribution in [2.45, 2.75) is 25.5 Å². The molecule has 6 heteroatoms. The lowest BCUT2D eigenvalue weighted by atomic mass is 10.1. The highest BCUT2D eigenvalue weighted by Crippen LogP contribution is 2.30. The van der Waals surface area contributed by atoms with Crippen LogP contribution in [0.1, 0.15) is 30.2 Å². The molecule has 2 aromatic carbocycles. The Morgan fingerprint density at radius 1 is 1.25 bits per heavy atom. The van der Waals surface area contributed by atoms with Crippen LogP contribution in [0.15, 0.2) is 48.5 Å². The number of non-ortho nitro benzene ring substituents is 1. The zero-order valence-corrected chi connectivity index (χ0v) is 14.5. The van der Waals surface area contributed by atoms with Gasteiger partial charge in [-0.05, 0) is 30.5 Å². The van der Waals surface area contributed by atoms with Crippen molar-refractivity contribution >= 4 is 29.0 Å². The Morgan fingerprint density at radius 2 is 2.00 bits per heavy atom. The van der Waals surface area contributed by atoms with E-state index in [4.69, 9.17) is 0 Å². The number of anilines is 1. The summed E-state index contributed by atoms with van der Waals surface area (Å²) in [6.45, 7) is 3.99. The van der Waals surface area contributed by atoms with Crippen molar-refractivity contribution in [1.82, 2.24) is 0 Å². The number of rotatable bonds is 7. The Labute approximate surface area is 145 Å². The van der Waals surface area contributed by atoms with Gasteiger partial charge in [0.1, 0.15) is 0 Å². The molecule has 5 nitrogen and oxygen atoms in total. The minimum absolute atomic E-state index is 0.00271. The summed E-state index contributed by atoms with van der Waals surface area (Å²) in [5.74, 6) is 0.222. The Bertz CT molecular complexity index is 734. The molecule has 24 heavy (non-hydrogen) atoms. The number of para-hydroxylation sites is 1. The van der Waals surface area contributed by atoms with Crippen molar-refractivity contribution in [3.63, 3.8) is 0 Å². The van der Waals surface area contributed by atoms with Crippen LogP contribution in [-0.4, -0.2) is 16.6 Å². The van der Waals surface area contributed by atoms with Crippen molar-refractivity contribution in [3.05, 3.63) is 69.8 Å². The number of aryl methyl sites for hydroxylation is 1. The molecule has 0 unspecified atom stereocenters. The van der Waals surface area contributed by atoms with Gasteiger partial charge in [0.15, 0.2) is 0 Å². The van der Waals surface area contributed by atoms with Crippen LogP contribution < -0.4 is 5.32 Å². The largest absolute Gasteiger partial charge is 0.325 e. The maximum absolute atomic E-state index is 12.2. The highest BCUT2D eigenvalue weighted by molar-refractivity contribution is 8.00. The fourth-order valence-electron chi connectivity index (χ4n) is 2.32. The topological polar surface area (TPSA) is 72.2 Å². The minimum Gasteiger partial charge on any atom is -0.325 e. The molecule has 0 saturated carbocycles. The first-order valence-corrected chi connectivity index (χ1v) is 8.79. The number of hydrogen-bond acceptors (Lipinski definition) is 4. The average molecular weight is 344 g/mol. The molecule has 0 aliphatic rings. The van der Waals surface area contributed by atoms with Gasteiger partial charge in [-0.2, -0.15) is 0 Å². The van der Waals surface area contributed by atoms with Crippen molar-refractivity contribution in [2.75, 3.05) is 11.1 Å². The molecule has 1 N–H and O–H groups in total. The molecule has 2 aromatic rings.